The van der Waals surface area contributed by atoms with Crippen LogP contribution in [0.5, 0.6) is 5.75 Å². The van der Waals surface area contributed by atoms with Crippen LogP contribution in [-0.4, -0.2) is 29.6 Å². The fraction of sp³-hybridized carbons (Fsp3) is 0.500. The van der Waals surface area contributed by atoms with Gasteiger partial charge < -0.3 is 15.2 Å². The number of nitrogens with two attached hydrogens (primary N) is 1. The Balaban J connectivity index is 2.48. The number of ether oxygens (including phenoxy) is 2. The van der Waals surface area contributed by atoms with Crippen LogP contribution in [0.25, 0.3) is 0 Å². The number of carbonyl (C=O) groups is 1. The zero-order valence-electron chi connectivity index (χ0n) is 12.2. The van der Waals surface area contributed by atoms with Crippen molar-refractivity contribution in [1.29, 1.82) is 0 Å². The zero-order chi connectivity index (χ0) is 15.9. The molecule has 0 radical (unpaired) electrons. The highest BCUT2D eigenvalue weighted by atomic mass is 16.6. The minimum atomic E-state index is -1.08. The van der Waals surface area contributed by atoms with Crippen LogP contribution in [0.2, 0.25) is 0 Å². The molecule has 0 aliphatic carbocycles. The molecule has 0 saturated heterocycles. The van der Waals surface area contributed by atoms with Gasteiger partial charge in [0.15, 0.2) is 5.75 Å². The lowest BCUT2D eigenvalue weighted by atomic mass is 9.98. The van der Waals surface area contributed by atoms with Crippen molar-refractivity contribution >= 4 is 11.7 Å². The smallest absolute Gasteiger partial charge is 0.325 e. The van der Waals surface area contributed by atoms with E-state index in [1.165, 1.54) is 12.1 Å². The van der Waals surface area contributed by atoms with Crippen molar-refractivity contribution in [2.45, 2.75) is 32.2 Å². The second-order valence-corrected chi connectivity index (χ2v) is 4.81. The summed E-state index contributed by atoms with van der Waals surface area (Å²) in [4.78, 5) is 21.9. The third-order valence-electron chi connectivity index (χ3n) is 2.90. The first-order valence-electron chi connectivity index (χ1n) is 6.71. The Morgan fingerprint density at radius 1 is 1.43 bits per heavy atom. The number of carbonyl (C=O) groups excluding carboxylic acids is 1. The number of nitro benzene ring substituents is 1. The summed E-state index contributed by atoms with van der Waals surface area (Å²) in [6.07, 6.45) is 0.852. The van der Waals surface area contributed by atoms with Crippen molar-refractivity contribution in [3.8, 4) is 5.75 Å². The molecule has 1 rings (SSSR count). The molecule has 2 N–H and O–H groups in total. The Bertz CT molecular complexity index is 502. The number of hydrogen-bond acceptors (Lipinski definition) is 6. The summed E-state index contributed by atoms with van der Waals surface area (Å²) in [7, 11) is 0. The lowest BCUT2D eigenvalue weighted by Crippen LogP contribution is -2.46. The molecule has 0 aliphatic heterocycles. The molecule has 21 heavy (non-hydrogen) atoms. The summed E-state index contributed by atoms with van der Waals surface area (Å²) in [6.45, 7) is 3.82. The summed E-state index contributed by atoms with van der Waals surface area (Å²) in [6, 6.07) is 6.14. The number of benzene rings is 1. The van der Waals surface area contributed by atoms with E-state index in [0.717, 1.165) is 0 Å². The van der Waals surface area contributed by atoms with E-state index in [-0.39, 0.29) is 24.7 Å². The Kier molecular flexibility index (Phi) is 6.10. The van der Waals surface area contributed by atoms with Gasteiger partial charge in [-0.3, -0.25) is 14.9 Å². The van der Waals surface area contributed by atoms with Crippen molar-refractivity contribution < 1.29 is 19.2 Å². The highest BCUT2D eigenvalue weighted by molar-refractivity contribution is 5.79. The van der Waals surface area contributed by atoms with Crippen LogP contribution in [0, 0.1) is 10.1 Å². The first-order valence-corrected chi connectivity index (χ1v) is 6.71. The van der Waals surface area contributed by atoms with Gasteiger partial charge in [0.25, 0.3) is 0 Å². The molecule has 7 nitrogen and oxygen atoms in total. The maximum Gasteiger partial charge on any atom is 0.325 e. The Morgan fingerprint density at radius 2 is 2.10 bits per heavy atom. The Hall–Kier alpha value is -2.15. The van der Waals surface area contributed by atoms with Crippen LogP contribution in [0.1, 0.15) is 26.7 Å². The molecule has 1 aromatic carbocycles. The second-order valence-electron chi connectivity index (χ2n) is 4.81. The number of nitrogens with zero attached hydrogens (tertiary/aromatic N) is 1. The van der Waals surface area contributed by atoms with E-state index < -0.39 is 16.4 Å². The molecule has 0 fully saturated rings. The molecule has 0 aromatic heterocycles. The lowest BCUT2D eigenvalue weighted by Gasteiger charge is -2.21. The van der Waals surface area contributed by atoms with Crippen molar-refractivity contribution in [1.82, 2.24) is 0 Å². The highest BCUT2D eigenvalue weighted by Gasteiger charge is 2.29. The standard InChI is InChI=1S/C14H20N2O5/c1-3-20-13(17)14(2,15)9-6-10-21-12-8-5-4-7-11(12)16(18)19/h4-5,7-8H,3,6,9-10,15H2,1-2H3. The van der Waals surface area contributed by atoms with Crippen molar-refractivity contribution in [2.75, 3.05) is 13.2 Å². The maximum absolute atomic E-state index is 11.6. The van der Waals surface area contributed by atoms with Gasteiger partial charge in [0.1, 0.15) is 5.54 Å². The van der Waals surface area contributed by atoms with Crippen LogP contribution in [-0.2, 0) is 9.53 Å². The number of nitro groups is 1. The van der Waals surface area contributed by atoms with Gasteiger partial charge in [-0.05, 0) is 32.8 Å². The van der Waals surface area contributed by atoms with Gasteiger partial charge >= 0.3 is 11.7 Å². The summed E-state index contributed by atoms with van der Waals surface area (Å²) < 4.78 is 10.3. The fourth-order valence-corrected chi connectivity index (χ4v) is 1.75. The zero-order valence-corrected chi connectivity index (χ0v) is 12.2. The average molecular weight is 296 g/mol. The molecule has 1 unspecified atom stereocenters. The summed E-state index contributed by atoms with van der Waals surface area (Å²) in [5.41, 5.74) is 4.70. The summed E-state index contributed by atoms with van der Waals surface area (Å²) >= 11 is 0. The minimum Gasteiger partial charge on any atom is -0.487 e. The van der Waals surface area contributed by atoms with Crippen LogP contribution < -0.4 is 10.5 Å². The van der Waals surface area contributed by atoms with E-state index in [2.05, 4.69) is 0 Å². The predicted molar refractivity (Wildman–Crippen MR) is 77.1 cm³/mol. The number of rotatable bonds is 8. The predicted octanol–water partition coefficient (Wildman–Crippen LogP) is 2.03. The molecule has 1 atom stereocenters. The molecule has 0 bridgehead atoms. The summed E-state index contributed by atoms with van der Waals surface area (Å²) in [5, 5.41) is 10.8. The normalized spacial score (nSPS) is 13.3. The number of para-hydroxylation sites is 2. The molecule has 1 aromatic rings. The van der Waals surface area contributed by atoms with Gasteiger partial charge in [0, 0.05) is 6.07 Å². The Morgan fingerprint density at radius 3 is 2.71 bits per heavy atom. The molecular formula is C14H20N2O5. The molecule has 0 heterocycles. The topological polar surface area (TPSA) is 105 Å². The van der Waals surface area contributed by atoms with Gasteiger partial charge in [-0.25, -0.2) is 0 Å². The molecule has 0 amide bonds. The molecular weight excluding hydrogens is 276 g/mol. The summed E-state index contributed by atoms with van der Waals surface area (Å²) in [5.74, 6) is -0.256. The third-order valence-corrected chi connectivity index (χ3v) is 2.90. The second kappa shape index (κ2) is 7.58. The van der Waals surface area contributed by atoms with Crippen LogP contribution in [0.15, 0.2) is 24.3 Å². The highest BCUT2D eigenvalue weighted by Crippen LogP contribution is 2.26. The number of hydrogen-bond donors (Lipinski definition) is 1. The van der Waals surface area contributed by atoms with E-state index in [1.807, 2.05) is 0 Å². The first-order chi connectivity index (χ1) is 9.88. The van der Waals surface area contributed by atoms with Crippen molar-refractivity contribution in [2.24, 2.45) is 5.73 Å². The van der Waals surface area contributed by atoms with Crippen molar-refractivity contribution in [3.63, 3.8) is 0 Å². The van der Waals surface area contributed by atoms with E-state index in [0.29, 0.717) is 12.8 Å². The van der Waals surface area contributed by atoms with E-state index >= 15 is 0 Å². The van der Waals surface area contributed by atoms with Crippen molar-refractivity contribution in [3.05, 3.63) is 34.4 Å². The van der Waals surface area contributed by atoms with E-state index in [1.54, 1.807) is 26.0 Å². The number of esters is 1. The van der Waals surface area contributed by atoms with E-state index in [9.17, 15) is 14.9 Å². The van der Waals surface area contributed by atoms with Crippen LogP contribution >= 0.6 is 0 Å². The van der Waals surface area contributed by atoms with Gasteiger partial charge in [-0.15, -0.1) is 0 Å². The SMILES string of the molecule is CCOC(=O)C(C)(N)CCCOc1ccccc1[N+](=O)[O-]. The average Bonchev–Trinajstić information content (AvgIpc) is 2.44. The molecule has 0 saturated carbocycles. The van der Waals surface area contributed by atoms with Gasteiger partial charge in [-0.1, -0.05) is 12.1 Å². The van der Waals surface area contributed by atoms with Gasteiger partial charge in [-0.2, -0.15) is 0 Å². The molecule has 116 valence electrons. The minimum absolute atomic E-state index is 0.0848. The fourth-order valence-electron chi connectivity index (χ4n) is 1.75. The lowest BCUT2D eigenvalue weighted by molar-refractivity contribution is -0.385. The molecule has 0 aliphatic rings. The first kappa shape index (κ1) is 16.9. The van der Waals surface area contributed by atoms with Gasteiger partial charge in [0.05, 0.1) is 18.1 Å². The molecule has 0 spiro atoms. The molecule has 7 heteroatoms. The van der Waals surface area contributed by atoms with Crippen LogP contribution in [0.3, 0.4) is 0 Å². The third kappa shape index (κ3) is 5.03. The van der Waals surface area contributed by atoms with E-state index in [4.69, 9.17) is 15.2 Å². The maximum atomic E-state index is 11.6. The Labute approximate surface area is 123 Å². The largest absolute Gasteiger partial charge is 0.487 e. The monoisotopic (exact) mass is 296 g/mol. The van der Waals surface area contributed by atoms with Gasteiger partial charge in [0.2, 0.25) is 0 Å². The quantitative estimate of drug-likeness (QED) is 0.340. The van der Waals surface area contributed by atoms with Crippen LogP contribution in [0.4, 0.5) is 5.69 Å².